The van der Waals surface area contributed by atoms with E-state index in [1.807, 2.05) is 12.3 Å². The second-order valence-corrected chi connectivity index (χ2v) is 6.09. The molecule has 18 heavy (non-hydrogen) atoms. The molecule has 1 aromatic heterocycles. The highest BCUT2D eigenvalue weighted by atomic mass is 15.2. The zero-order valence-electron chi connectivity index (χ0n) is 11.4. The number of rotatable bonds is 4. The zero-order valence-corrected chi connectivity index (χ0v) is 11.4. The average molecular weight is 245 g/mol. The second-order valence-electron chi connectivity index (χ2n) is 6.09. The van der Waals surface area contributed by atoms with Crippen LogP contribution < -0.4 is 10.2 Å². The maximum atomic E-state index is 4.58. The van der Waals surface area contributed by atoms with E-state index in [4.69, 9.17) is 0 Å². The van der Waals surface area contributed by atoms with Crippen LogP contribution >= 0.6 is 0 Å². The Hall–Kier alpha value is -1.25. The maximum absolute atomic E-state index is 4.58. The first-order valence-corrected chi connectivity index (χ1v) is 7.16. The van der Waals surface area contributed by atoms with Gasteiger partial charge < -0.3 is 10.2 Å². The Morgan fingerprint density at radius 1 is 1.33 bits per heavy atom. The lowest BCUT2D eigenvalue weighted by atomic mass is 10.0. The van der Waals surface area contributed by atoms with Crippen molar-refractivity contribution in [2.75, 3.05) is 23.3 Å². The molecule has 2 aliphatic rings. The molecule has 0 amide bonds. The van der Waals surface area contributed by atoms with Gasteiger partial charge in [0.1, 0.15) is 0 Å². The molecule has 1 N–H and O–H groups in total. The molecule has 0 radical (unpaired) electrons. The van der Waals surface area contributed by atoms with Gasteiger partial charge in [-0.15, -0.1) is 0 Å². The zero-order chi connectivity index (χ0) is 12.6. The maximum Gasteiger partial charge on any atom is 0.151 e. The van der Waals surface area contributed by atoms with E-state index in [1.165, 1.54) is 31.4 Å². The summed E-state index contributed by atoms with van der Waals surface area (Å²) >= 11 is 0. The van der Waals surface area contributed by atoms with Crippen LogP contribution in [0, 0.1) is 5.41 Å². The Labute approximate surface area is 110 Å². The van der Waals surface area contributed by atoms with Gasteiger partial charge in [0.2, 0.25) is 0 Å². The lowest BCUT2D eigenvalue weighted by Gasteiger charge is -2.26. The van der Waals surface area contributed by atoms with E-state index in [0.29, 0.717) is 11.5 Å². The van der Waals surface area contributed by atoms with Gasteiger partial charge in [0.15, 0.2) is 5.82 Å². The van der Waals surface area contributed by atoms with Crippen LogP contribution in [0.15, 0.2) is 18.3 Å². The van der Waals surface area contributed by atoms with Crippen molar-refractivity contribution in [3.8, 4) is 0 Å². The molecule has 3 rings (SSSR count). The summed E-state index contributed by atoms with van der Waals surface area (Å²) in [6.07, 6.45) is 7.19. The molecule has 1 unspecified atom stereocenters. The summed E-state index contributed by atoms with van der Waals surface area (Å²) < 4.78 is 0. The van der Waals surface area contributed by atoms with Crippen LogP contribution in [-0.4, -0.2) is 24.1 Å². The first-order valence-electron chi connectivity index (χ1n) is 7.16. The van der Waals surface area contributed by atoms with Crippen molar-refractivity contribution in [3.05, 3.63) is 18.3 Å². The predicted octanol–water partition coefficient (Wildman–Crippen LogP) is 3.28. The van der Waals surface area contributed by atoms with Gasteiger partial charge in [-0.2, -0.15) is 0 Å². The standard InChI is InChI=1S/C15H23N3/c1-12(15(2)7-8-15)17-13-6-5-9-16-14(13)18-10-3-4-11-18/h5-6,9,12,17H,3-4,7-8,10-11H2,1-2H3. The monoisotopic (exact) mass is 245 g/mol. The number of nitrogens with one attached hydrogen (secondary N) is 1. The van der Waals surface area contributed by atoms with E-state index in [-0.39, 0.29) is 0 Å². The summed E-state index contributed by atoms with van der Waals surface area (Å²) in [5.41, 5.74) is 1.71. The van der Waals surface area contributed by atoms with Gasteiger partial charge in [0.05, 0.1) is 5.69 Å². The minimum atomic E-state index is 0.498. The third-order valence-corrected chi connectivity index (χ3v) is 4.65. The Kier molecular flexibility index (Phi) is 2.92. The number of nitrogens with zero attached hydrogens (tertiary/aromatic N) is 2. The quantitative estimate of drug-likeness (QED) is 0.882. The number of aromatic nitrogens is 1. The van der Waals surface area contributed by atoms with E-state index in [1.54, 1.807) is 0 Å². The fourth-order valence-electron chi connectivity index (χ4n) is 2.73. The van der Waals surface area contributed by atoms with E-state index in [9.17, 15) is 0 Å². The molecule has 2 heterocycles. The van der Waals surface area contributed by atoms with Crippen molar-refractivity contribution >= 4 is 11.5 Å². The Morgan fingerprint density at radius 3 is 2.72 bits per heavy atom. The van der Waals surface area contributed by atoms with Gasteiger partial charge in [-0.3, -0.25) is 0 Å². The fourth-order valence-corrected chi connectivity index (χ4v) is 2.73. The van der Waals surface area contributed by atoms with Crippen LogP contribution in [0.4, 0.5) is 11.5 Å². The highest BCUT2D eigenvalue weighted by Crippen LogP contribution is 2.49. The Balaban J connectivity index is 1.78. The topological polar surface area (TPSA) is 28.2 Å². The average Bonchev–Trinajstić information content (AvgIpc) is 2.93. The van der Waals surface area contributed by atoms with Crippen LogP contribution in [0.3, 0.4) is 0 Å². The van der Waals surface area contributed by atoms with Crippen molar-refractivity contribution in [3.63, 3.8) is 0 Å². The summed E-state index contributed by atoms with van der Waals surface area (Å²) in [6.45, 7) is 6.97. The smallest absolute Gasteiger partial charge is 0.151 e. The molecule has 0 aromatic carbocycles. The fraction of sp³-hybridized carbons (Fsp3) is 0.667. The minimum absolute atomic E-state index is 0.498. The summed E-state index contributed by atoms with van der Waals surface area (Å²) in [6, 6.07) is 4.73. The van der Waals surface area contributed by atoms with Crippen LogP contribution in [0.5, 0.6) is 0 Å². The van der Waals surface area contributed by atoms with Gasteiger partial charge in [-0.05, 0) is 50.2 Å². The largest absolute Gasteiger partial charge is 0.379 e. The minimum Gasteiger partial charge on any atom is -0.379 e. The molecule has 0 spiro atoms. The molecule has 2 fully saturated rings. The Bertz CT molecular complexity index is 420. The predicted molar refractivity (Wildman–Crippen MR) is 76.1 cm³/mol. The lowest BCUT2D eigenvalue weighted by molar-refractivity contribution is 0.493. The molecule has 1 aliphatic carbocycles. The first kappa shape index (κ1) is 11.8. The molecule has 1 saturated heterocycles. The van der Waals surface area contributed by atoms with Crippen LogP contribution in [0.2, 0.25) is 0 Å². The summed E-state index contributed by atoms with van der Waals surface area (Å²) in [7, 11) is 0. The molecule has 1 saturated carbocycles. The van der Waals surface area contributed by atoms with Gasteiger partial charge >= 0.3 is 0 Å². The van der Waals surface area contributed by atoms with Crippen molar-refractivity contribution < 1.29 is 0 Å². The summed E-state index contributed by atoms with van der Waals surface area (Å²) in [4.78, 5) is 6.99. The highest BCUT2D eigenvalue weighted by Gasteiger charge is 2.42. The molecule has 1 aromatic rings. The molecular weight excluding hydrogens is 222 g/mol. The van der Waals surface area contributed by atoms with Crippen molar-refractivity contribution in [2.45, 2.75) is 45.6 Å². The van der Waals surface area contributed by atoms with E-state index in [0.717, 1.165) is 18.9 Å². The molecule has 3 nitrogen and oxygen atoms in total. The van der Waals surface area contributed by atoms with Gasteiger partial charge in [0, 0.05) is 25.3 Å². The third kappa shape index (κ3) is 2.18. The van der Waals surface area contributed by atoms with Crippen molar-refractivity contribution in [1.29, 1.82) is 0 Å². The number of pyridine rings is 1. The number of hydrogen-bond donors (Lipinski definition) is 1. The molecule has 1 aliphatic heterocycles. The molecule has 1 atom stereocenters. The molecular formula is C15H23N3. The van der Waals surface area contributed by atoms with E-state index in [2.05, 4.69) is 35.1 Å². The van der Waals surface area contributed by atoms with Crippen LogP contribution in [-0.2, 0) is 0 Å². The number of anilines is 2. The van der Waals surface area contributed by atoms with Crippen LogP contribution in [0.25, 0.3) is 0 Å². The lowest BCUT2D eigenvalue weighted by Crippen LogP contribution is -2.27. The Morgan fingerprint density at radius 2 is 2.06 bits per heavy atom. The molecule has 3 heteroatoms. The van der Waals surface area contributed by atoms with Gasteiger partial charge in [-0.25, -0.2) is 4.98 Å². The molecule has 0 bridgehead atoms. The highest BCUT2D eigenvalue weighted by molar-refractivity contribution is 5.66. The normalized spacial score (nSPS) is 22.9. The van der Waals surface area contributed by atoms with E-state index < -0.39 is 0 Å². The number of hydrogen-bond acceptors (Lipinski definition) is 3. The third-order valence-electron chi connectivity index (χ3n) is 4.65. The first-order chi connectivity index (χ1) is 8.69. The summed E-state index contributed by atoms with van der Waals surface area (Å²) in [5.74, 6) is 1.14. The van der Waals surface area contributed by atoms with Gasteiger partial charge in [0.25, 0.3) is 0 Å². The van der Waals surface area contributed by atoms with Gasteiger partial charge in [-0.1, -0.05) is 6.92 Å². The summed E-state index contributed by atoms with van der Waals surface area (Å²) in [5, 5.41) is 3.69. The molecule has 98 valence electrons. The second kappa shape index (κ2) is 4.45. The van der Waals surface area contributed by atoms with E-state index >= 15 is 0 Å². The SMILES string of the molecule is CC(Nc1cccnc1N1CCCC1)C1(C)CC1. The van der Waals surface area contributed by atoms with Crippen molar-refractivity contribution in [2.24, 2.45) is 5.41 Å². The van der Waals surface area contributed by atoms with Crippen LogP contribution in [0.1, 0.15) is 39.5 Å². The van der Waals surface area contributed by atoms with Crippen molar-refractivity contribution in [1.82, 2.24) is 4.98 Å².